The maximum Gasteiger partial charge on any atom is 0.318 e. The highest BCUT2D eigenvalue weighted by molar-refractivity contribution is 6.07. The first-order chi connectivity index (χ1) is 8.83. The van der Waals surface area contributed by atoms with Crippen molar-refractivity contribution < 1.29 is 17.4 Å². The molecule has 3 N–H and O–H groups in total. The van der Waals surface area contributed by atoms with Crippen LogP contribution in [0.25, 0.3) is 33.0 Å². The van der Waals surface area contributed by atoms with Crippen LogP contribution in [-0.2, 0) is 0 Å². The highest BCUT2D eigenvalue weighted by Crippen LogP contribution is 2.24. The van der Waals surface area contributed by atoms with Gasteiger partial charge in [-0.1, -0.05) is 12.1 Å². The molecule has 0 aliphatic carbocycles. The summed E-state index contributed by atoms with van der Waals surface area (Å²) >= 11 is 0. The van der Waals surface area contributed by atoms with Gasteiger partial charge in [-0.2, -0.15) is 0 Å². The van der Waals surface area contributed by atoms with Crippen LogP contribution >= 0.6 is 0 Å². The fraction of sp³-hybridized carbons (Fsp3) is 0. The van der Waals surface area contributed by atoms with Crippen molar-refractivity contribution in [2.24, 2.45) is 0 Å². The molecule has 4 aromatic rings. The van der Waals surface area contributed by atoms with Crippen LogP contribution in [0.2, 0.25) is 0 Å². The third kappa shape index (κ3) is 1.59. The molecule has 3 heterocycles. The van der Waals surface area contributed by atoms with Crippen molar-refractivity contribution in [2.45, 2.75) is 0 Å². The zero-order valence-corrected chi connectivity index (χ0v) is 10.5. The van der Waals surface area contributed by atoms with Gasteiger partial charge in [-0.25, -0.2) is 9.97 Å². The first kappa shape index (κ1) is 11.7. The van der Waals surface area contributed by atoms with E-state index in [0.29, 0.717) is 11.0 Å². The largest absolute Gasteiger partial charge is 1.00 e. The van der Waals surface area contributed by atoms with Crippen molar-refractivity contribution in [1.82, 2.24) is 15.0 Å². The number of hydrogen-bond acceptors (Lipinski definition) is 2. The SMILES string of the molecule is O=c1[nH]c[nH+]c2nc3c(cc12)[nH]c1ccccc13.[Cl-]. The van der Waals surface area contributed by atoms with Gasteiger partial charge in [-0.05, 0) is 18.2 Å². The number of nitrogens with zero attached hydrogens (tertiary/aromatic N) is 1. The van der Waals surface area contributed by atoms with Crippen LogP contribution in [0.5, 0.6) is 0 Å². The predicted molar refractivity (Wildman–Crippen MR) is 68.3 cm³/mol. The van der Waals surface area contributed by atoms with E-state index in [-0.39, 0.29) is 18.0 Å². The molecular weight excluding hydrogens is 264 g/mol. The van der Waals surface area contributed by atoms with Gasteiger partial charge in [-0.15, -0.1) is 4.98 Å². The summed E-state index contributed by atoms with van der Waals surface area (Å²) in [4.78, 5) is 25.1. The Hall–Kier alpha value is -2.40. The van der Waals surface area contributed by atoms with Gasteiger partial charge in [0.05, 0.1) is 5.52 Å². The molecule has 6 heteroatoms. The lowest BCUT2D eigenvalue weighted by Gasteiger charge is -1.90. The van der Waals surface area contributed by atoms with Crippen molar-refractivity contribution in [3.8, 4) is 0 Å². The van der Waals surface area contributed by atoms with Crippen molar-refractivity contribution in [3.05, 3.63) is 47.0 Å². The van der Waals surface area contributed by atoms with Crippen LogP contribution < -0.4 is 23.0 Å². The number of pyridine rings is 1. The standard InChI is InChI=1S/C13H8N4O.ClH/c18-13-8-5-10-11(17-12(8)14-6-15-13)7-3-1-2-4-9(7)16-10;/h1-6,16H,(H,14,15,17,18);1H. The maximum atomic E-state index is 11.7. The maximum absolute atomic E-state index is 11.7. The Balaban J connectivity index is 0.00000110. The molecule has 0 radical (unpaired) electrons. The van der Waals surface area contributed by atoms with Gasteiger partial charge in [-0.3, -0.25) is 4.79 Å². The lowest BCUT2D eigenvalue weighted by molar-refractivity contribution is -0.352. The van der Waals surface area contributed by atoms with Gasteiger partial charge in [0.25, 0.3) is 5.65 Å². The third-order valence-electron chi connectivity index (χ3n) is 3.13. The van der Waals surface area contributed by atoms with E-state index in [1.54, 1.807) is 0 Å². The molecule has 0 spiro atoms. The van der Waals surface area contributed by atoms with E-state index in [1.165, 1.54) is 6.33 Å². The molecule has 5 nitrogen and oxygen atoms in total. The average molecular weight is 273 g/mol. The average Bonchev–Trinajstić information content (AvgIpc) is 2.75. The Morgan fingerprint density at radius 3 is 2.84 bits per heavy atom. The predicted octanol–water partition coefficient (Wildman–Crippen LogP) is -1.62. The van der Waals surface area contributed by atoms with Crippen molar-refractivity contribution >= 4 is 33.0 Å². The summed E-state index contributed by atoms with van der Waals surface area (Å²) in [6.45, 7) is 0. The zero-order valence-electron chi connectivity index (χ0n) is 9.70. The molecule has 19 heavy (non-hydrogen) atoms. The Kier molecular flexibility index (Phi) is 2.50. The summed E-state index contributed by atoms with van der Waals surface area (Å²) < 4.78 is 0. The van der Waals surface area contributed by atoms with Gasteiger partial charge < -0.3 is 17.4 Å². The molecule has 94 valence electrons. The van der Waals surface area contributed by atoms with Crippen molar-refractivity contribution in [1.29, 1.82) is 0 Å². The monoisotopic (exact) mass is 272 g/mol. The van der Waals surface area contributed by atoms with E-state index in [2.05, 4.69) is 19.9 Å². The number of benzene rings is 1. The van der Waals surface area contributed by atoms with Crippen molar-refractivity contribution in [3.63, 3.8) is 0 Å². The number of rotatable bonds is 0. The second-order valence-electron chi connectivity index (χ2n) is 4.21. The van der Waals surface area contributed by atoms with Crippen LogP contribution in [0.15, 0.2) is 41.5 Å². The fourth-order valence-electron chi connectivity index (χ4n) is 2.29. The van der Waals surface area contributed by atoms with Gasteiger partial charge in [0.1, 0.15) is 5.39 Å². The highest BCUT2D eigenvalue weighted by atomic mass is 35.5. The normalized spacial score (nSPS) is 10.9. The Morgan fingerprint density at radius 2 is 1.95 bits per heavy atom. The van der Waals surface area contributed by atoms with Gasteiger partial charge in [0.15, 0.2) is 11.8 Å². The van der Waals surface area contributed by atoms with Gasteiger partial charge >= 0.3 is 5.56 Å². The Bertz CT molecular complexity index is 957. The molecule has 0 fully saturated rings. The van der Waals surface area contributed by atoms with E-state index in [9.17, 15) is 4.79 Å². The van der Waals surface area contributed by atoms with Crippen LogP contribution in [0.4, 0.5) is 0 Å². The van der Waals surface area contributed by atoms with Crippen LogP contribution in [-0.4, -0.2) is 15.0 Å². The van der Waals surface area contributed by atoms with Crippen LogP contribution in [0.3, 0.4) is 0 Å². The highest BCUT2D eigenvalue weighted by Gasteiger charge is 2.13. The number of H-pyrrole nitrogens is 3. The number of para-hydroxylation sites is 1. The lowest BCUT2D eigenvalue weighted by Crippen LogP contribution is -3.00. The number of aromatic nitrogens is 4. The molecule has 0 amide bonds. The second-order valence-corrected chi connectivity index (χ2v) is 4.21. The van der Waals surface area contributed by atoms with Gasteiger partial charge in [0.2, 0.25) is 0 Å². The topological polar surface area (TPSA) is 75.7 Å². The van der Waals surface area contributed by atoms with Crippen molar-refractivity contribution in [2.75, 3.05) is 0 Å². The first-order valence-corrected chi connectivity index (χ1v) is 5.63. The van der Waals surface area contributed by atoms with Crippen LogP contribution in [0.1, 0.15) is 0 Å². The summed E-state index contributed by atoms with van der Waals surface area (Å²) in [6.07, 6.45) is 1.50. The molecule has 4 rings (SSSR count). The number of halogens is 1. The number of hydrogen-bond donors (Lipinski definition) is 2. The minimum atomic E-state index is -0.142. The number of aromatic amines is 3. The molecule has 0 saturated carbocycles. The smallest absolute Gasteiger partial charge is 0.318 e. The molecule has 3 aromatic heterocycles. The zero-order chi connectivity index (χ0) is 12.1. The van der Waals surface area contributed by atoms with E-state index >= 15 is 0 Å². The van der Waals surface area contributed by atoms with E-state index in [1.807, 2.05) is 30.3 Å². The third-order valence-corrected chi connectivity index (χ3v) is 3.13. The quantitative estimate of drug-likeness (QED) is 0.404. The summed E-state index contributed by atoms with van der Waals surface area (Å²) in [7, 11) is 0. The number of nitrogens with one attached hydrogen (secondary N) is 3. The Morgan fingerprint density at radius 1 is 1.11 bits per heavy atom. The molecule has 0 unspecified atom stereocenters. The number of fused-ring (bicyclic) bond motifs is 4. The molecule has 1 aromatic carbocycles. The summed E-state index contributed by atoms with van der Waals surface area (Å²) in [5.74, 6) is 0. The molecule has 0 aliphatic rings. The summed E-state index contributed by atoms with van der Waals surface area (Å²) in [5.41, 5.74) is 3.22. The molecule has 0 bridgehead atoms. The van der Waals surface area contributed by atoms with E-state index in [0.717, 1.165) is 21.9 Å². The minimum absolute atomic E-state index is 0. The van der Waals surface area contributed by atoms with E-state index in [4.69, 9.17) is 0 Å². The Labute approximate surface area is 113 Å². The first-order valence-electron chi connectivity index (χ1n) is 5.63. The van der Waals surface area contributed by atoms with E-state index < -0.39 is 0 Å². The molecule has 0 saturated heterocycles. The lowest BCUT2D eigenvalue weighted by atomic mass is 10.2. The minimum Gasteiger partial charge on any atom is -1.00 e. The van der Waals surface area contributed by atoms with Gasteiger partial charge in [0, 0.05) is 10.9 Å². The molecule has 0 atom stereocenters. The summed E-state index contributed by atoms with van der Waals surface area (Å²) in [5, 5.41) is 1.61. The fourth-order valence-corrected chi connectivity index (χ4v) is 2.29. The molecule has 0 aliphatic heterocycles. The molecular formula is C13H9ClN4O. The summed E-state index contributed by atoms with van der Waals surface area (Å²) in [6, 6.07) is 9.78. The second kappa shape index (κ2) is 4.07. The van der Waals surface area contributed by atoms with Crippen LogP contribution in [0, 0.1) is 0 Å².